The summed E-state index contributed by atoms with van der Waals surface area (Å²) in [5.74, 6) is 1.62. The van der Waals surface area contributed by atoms with Gasteiger partial charge in [-0.25, -0.2) is 9.38 Å². The lowest BCUT2D eigenvalue weighted by molar-refractivity contribution is -0.134. The zero-order chi connectivity index (χ0) is 21.5. The number of piperazine rings is 1. The van der Waals surface area contributed by atoms with Crippen LogP contribution in [0.25, 0.3) is 27.9 Å². The average Bonchev–Trinajstić information content (AvgIpc) is 3.24. The Morgan fingerprint density at radius 2 is 1.68 bits per heavy atom. The summed E-state index contributed by atoms with van der Waals surface area (Å²) in [6.45, 7) is 6.59. The second kappa shape index (κ2) is 7.81. The smallest absolute Gasteiger partial charge is 0.225 e. The Balaban J connectivity index is 1.64. The van der Waals surface area contributed by atoms with E-state index in [1.165, 1.54) is 0 Å². The van der Waals surface area contributed by atoms with Gasteiger partial charge < -0.3 is 9.80 Å². The van der Waals surface area contributed by atoms with Crippen LogP contribution < -0.4 is 4.90 Å². The van der Waals surface area contributed by atoms with Gasteiger partial charge in [0.25, 0.3) is 0 Å². The Kier molecular flexibility index (Phi) is 4.98. The molecule has 1 saturated heterocycles. The van der Waals surface area contributed by atoms with Crippen molar-refractivity contribution in [2.75, 3.05) is 31.1 Å². The number of carbonyl (C=O) groups excluding carboxylic acids is 1. The van der Waals surface area contributed by atoms with Gasteiger partial charge in [0.1, 0.15) is 0 Å². The number of benzene rings is 2. The van der Waals surface area contributed by atoms with E-state index in [-0.39, 0.29) is 11.8 Å². The number of fused-ring (bicyclic) bond motifs is 3. The van der Waals surface area contributed by atoms with Crippen LogP contribution in [0.5, 0.6) is 0 Å². The Morgan fingerprint density at radius 1 is 0.968 bits per heavy atom. The highest BCUT2D eigenvalue weighted by molar-refractivity contribution is 6.33. The molecule has 1 aliphatic heterocycles. The average molecular weight is 435 g/mol. The van der Waals surface area contributed by atoms with Crippen molar-refractivity contribution in [1.29, 1.82) is 0 Å². The summed E-state index contributed by atoms with van der Waals surface area (Å²) in [5.41, 5.74) is 2.42. The molecule has 8 heteroatoms. The van der Waals surface area contributed by atoms with E-state index in [1.54, 1.807) is 0 Å². The lowest BCUT2D eigenvalue weighted by Gasteiger charge is -2.36. The van der Waals surface area contributed by atoms with Gasteiger partial charge in [-0.05, 0) is 24.3 Å². The molecule has 0 unspecified atom stereocenters. The van der Waals surface area contributed by atoms with Crippen LogP contribution >= 0.6 is 11.6 Å². The number of hydrogen-bond acceptors (Lipinski definition) is 5. The SMILES string of the molecule is CC(C)C(=O)N1CCN(c2nc3ccccc3c3nnc(-c4ccccc4Cl)n23)CC1. The lowest BCUT2D eigenvalue weighted by atomic mass is 10.1. The van der Waals surface area contributed by atoms with Crippen molar-refractivity contribution in [1.82, 2.24) is 24.5 Å². The van der Waals surface area contributed by atoms with Gasteiger partial charge in [-0.3, -0.25) is 4.79 Å². The van der Waals surface area contributed by atoms with Crippen LogP contribution in [0.4, 0.5) is 5.95 Å². The molecule has 0 bridgehead atoms. The number of para-hydroxylation sites is 1. The number of hydrogen-bond donors (Lipinski definition) is 0. The molecule has 0 saturated carbocycles. The molecule has 7 nitrogen and oxygen atoms in total. The van der Waals surface area contributed by atoms with Gasteiger partial charge in [-0.2, -0.15) is 0 Å². The molecule has 158 valence electrons. The highest BCUT2D eigenvalue weighted by Crippen LogP contribution is 2.32. The van der Waals surface area contributed by atoms with E-state index in [0.717, 1.165) is 28.1 Å². The van der Waals surface area contributed by atoms with Crippen LogP contribution in [0, 0.1) is 5.92 Å². The molecule has 5 rings (SSSR count). The molecule has 3 heterocycles. The van der Waals surface area contributed by atoms with Gasteiger partial charge in [-0.15, -0.1) is 10.2 Å². The third kappa shape index (κ3) is 3.39. The fraction of sp³-hybridized carbons (Fsp3) is 0.304. The van der Waals surface area contributed by atoms with Gasteiger partial charge >= 0.3 is 0 Å². The van der Waals surface area contributed by atoms with Gasteiger partial charge in [-0.1, -0.05) is 49.7 Å². The molecule has 31 heavy (non-hydrogen) atoms. The van der Waals surface area contributed by atoms with Crippen molar-refractivity contribution in [3.05, 3.63) is 53.6 Å². The Labute approximate surface area is 185 Å². The van der Waals surface area contributed by atoms with E-state index < -0.39 is 0 Å². The molecule has 0 radical (unpaired) electrons. The molecular formula is C23H23ClN6O. The first kappa shape index (κ1) is 19.8. The molecule has 0 atom stereocenters. The number of amides is 1. The van der Waals surface area contributed by atoms with Gasteiger partial charge in [0.15, 0.2) is 11.5 Å². The predicted octanol–water partition coefficient (Wildman–Crippen LogP) is 3.90. The zero-order valence-electron chi connectivity index (χ0n) is 17.5. The van der Waals surface area contributed by atoms with E-state index >= 15 is 0 Å². The number of aromatic nitrogens is 4. The van der Waals surface area contributed by atoms with E-state index in [1.807, 2.05) is 71.7 Å². The molecule has 1 amide bonds. The molecule has 2 aromatic heterocycles. The summed E-state index contributed by atoms with van der Waals surface area (Å²) >= 11 is 6.50. The number of nitrogens with zero attached hydrogens (tertiary/aromatic N) is 6. The first-order valence-electron chi connectivity index (χ1n) is 10.5. The van der Waals surface area contributed by atoms with Gasteiger partial charge in [0, 0.05) is 43.0 Å². The van der Waals surface area contributed by atoms with E-state index in [0.29, 0.717) is 37.0 Å². The third-order valence-corrected chi connectivity index (χ3v) is 6.04. The number of halogens is 1. The molecule has 4 aromatic rings. The Bertz CT molecular complexity index is 1280. The summed E-state index contributed by atoms with van der Waals surface area (Å²) in [7, 11) is 0. The molecule has 2 aromatic carbocycles. The molecule has 0 N–H and O–H groups in total. The minimum absolute atomic E-state index is 0.00160. The van der Waals surface area contributed by atoms with Crippen LogP contribution in [0.1, 0.15) is 13.8 Å². The van der Waals surface area contributed by atoms with E-state index in [2.05, 4.69) is 15.1 Å². The maximum atomic E-state index is 12.4. The second-order valence-electron chi connectivity index (χ2n) is 8.06. The van der Waals surface area contributed by atoms with Crippen molar-refractivity contribution in [2.45, 2.75) is 13.8 Å². The lowest BCUT2D eigenvalue weighted by Crippen LogP contribution is -2.50. The van der Waals surface area contributed by atoms with Gasteiger partial charge in [0.2, 0.25) is 11.9 Å². The molecule has 0 aliphatic carbocycles. The first-order chi connectivity index (χ1) is 15.0. The van der Waals surface area contributed by atoms with E-state index in [4.69, 9.17) is 16.6 Å². The Morgan fingerprint density at radius 3 is 2.42 bits per heavy atom. The minimum atomic E-state index is 0.00160. The predicted molar refractivity (Wildman–Crippen MR) is 122 cm³/mol. The standard InChI is InChI=1S/C23H23ClN6O/c1-15(2)22(31)28-11-13-29(14-12-28)23-25-19-10-6-4-8-17(19)21-27-26-20(30(21)23)16-7-3-5-9-18(16)24/h3-10,15H,11-14H2,1-2H3. The normalized spacial score (nSPS) is 14.7. The minimum Gasteiger partial charge on any atom is -0.339 e. The van der Waals surface area contributed by atoms with Crippen LogP contribution in [0.3, 0.4) is 0 Å². The summed E-state index contributed by atoms with van der Waals surface area (Å²) < 4.78 is 1.99. The molecule has 1 aliphatic rings. The van der Waals surface area contributed by atoms with Crippen molar-refractivity contribution in [3.63, 3.8) is 0 Å². The van der Waals surface area contributed by atoms with Gasteiger partial charge in [0.05, 0.1) is 10.5 Å². The third-order valence-electron chi connectivity index (χ3n) is 5.71. The second-order valence-corrected chi connectivity index (χ2v) is 8.47. The summed E-state index contributed by atoms with van der Waals surface area (Å²) in [5, 5.41) is 10.6. The molecule has 0 spiro atoms. The van der Waals surface area contributed by atoms with Crippen LogP contribution in [0.15, 0.2) is 48.5 Å². The van der Waals surface area contributed by atoms with Crippen LogP contribution in [-0.2, 0) is 4.79 Å². The summed E-state index contributed by atoms with van der Waals surface area (Å²) in [4.78, 5) is 21.5. The quantitative estimate of drug-likeness (QED) is 0.489. The maximum absolute atomic E-state index is 12.4. The van der Waals surface area contributed by atoms with E-state index in [9.17, 15) is 4.79 Å². The van der Waals surface area contributed by atoms with Crippen LogP contribution in [-0.4, -0.2) is 56.6 Å². The molecular weight excluding hydrogens is 412 g/mol. The summed E-state index contributed by atoms with van der Waals surface area (Å²) in [6.07, 6.45) is 0. The largest absolute Gasteiger partial charge is 0.339 e. The van der Waals surface area contributed by atoms with Crippen molar-refractivity contribution >= 4 is 40.0 Å². The highest BCUT2D eigenvalue weighted by Gasteiger charge is 2.27. The number of carbonyl (C=O) groups is 1. The summed E-state index contributed by atoms with van der Waals surface area (Å²) in [6, 6.07) is 15.6. The van der Waals surface area contributed by atoms with Crippen molar-refractivity contribution < 1.29 is 4.79 Å². The number of anilines is 1. The van der Waals surface area contributed by atoms with Crippen molar-refractivity contribution in [3.8, 4) is 11.4 Å². The first-order valence-corrected chi connectivity index (χ1v) is 10.8. The monoisotopic (exact) mass is 434 g/mol. The topological polar surface area (TPSA) is 66.6 Å². The number of rotatable bonds is 3. The Hall–Kier alpha value is -3.19. The maximum Gasteiger partial charge on any atom is 0.225 e. The fourth-order valence-electron chi connectivity index (χ4n) is 4.09. The zero-order valence-corrected chi connectivity index (χ0v) is 18.3. The fourth-order valence-corrected chi connectivity index (χ4v) is 4.31. The van der Waals surface area contributed by atoms with Crippen LogP contribution in [0.2, 0.25) is 5.02 Å². The highest BCUT2D eigenvalue weighted by atomic mass is 35.5. The molecule has 1 fully saturated rings. The van der Waals surface area contributed by atoms with Crippen molar-refractivity contribution in [2.24, 2.45) is 5.92 Å².